The van der Waals surface area contributed by atoms with Gasteiger partial charge >= 0.3 is 5.97 Å². The predicted octanol–water partition coefficient (Wildman–Crippen LogP) is 3.19. The van der Waals surface area contributed by atoms with E-state index in [1.807, 2.05) is 66.7 Å². The highest BCUT2D eigenvalue weighted by Gasteiger charge is 2.19. The average molecular weight is 287 g/mol. The summed E-state index contributed by atoms with van der Waals surface area (Å²) in [5.41, 5.74) is 2.00. The fraction of sp³-hybridized carbons (Fsp3) is 0.0526. The first-order valence-corrected chi connectivity index (χ1v) is 6.63. The zero-order valence-electron chi connectivity index (χ0n) is 11.8. The first kappa shape index (κ1) is 15.1. The molecule has 2 aromatic carbocycles. The molecule has 106 valence electrons. The summed E-state index contributed by atoms with van der Waals surface area (Å²) in [6.45, 7) is -0.166. The van der Waals surface area contributed by atoms with Crippen molar-refractivity contribution in [3.8, 4) is 18.4 Å². The lowest BCUT2D eigenvalue weighted by Gasteiger charge is -2.11. The first-order chi connectivity index (χ1) is 10.8. The van der Waals surface area contributed by atoms with E-state index >= 15 is 0 Å². The van der Waals surface area contributed by atoms with Crippen LogP contribution in [0.1, 0.15) is 11.1 Å². The molecule has 0 unspecified atom stereocenters. The van der Waals surface area contributed by atoms with Gasteiger partial charge < -0.3 is 4.74 Å². The van der Waals surface area contributed by atoms with Crippen LogP contribution in [0.4, 0.5) is 0 Å². The van der Waals surface area contributed by atoms with Crippen molar-refractivity contribution in [1.29, 1.82) is 5.26 Å². The van der Waals surface area contributed by atoms with E-state index < -0.39 is 5.97 Å². The summed E-state index contributed by atoms with van der Waals surface area (Å²) in [6.07, 6.45) is 5.09. The summed E-state index contributed by atoms with van der Waals surface area (Å²) in [7, 11) is 0. The van der Waals surface area contributed by atoms with Gasteiger partial charge in [0, 0.05) is 5.57 Å². The summed E-state index contributed by atoms with van der Waals surface area (Å²) in [4.78, 5) is 12.1. The number of carbonyl (C=O) groups excluding carboxylic acids is 1. The fourth-order valence-corrected chi connectivity index (χ4v) is 2.05. The third-order valence-corrected chi connectivity index (χ3v) is 2.98. The summed E-state index contributed by atoms with van der Waals surface area (Å²) >= 11 is 0. The van der Waals surface area contributed by atoms with Gasteiger partial charge in [0.25, 0.3) is 0 Å². The Morgan fingerprint density at radius 3 is 1.91 bits per heavy atom. The third kappa shape index (κ3) is 3.42. The average Bonchev–Trinajstić information content (AvgIpc) is 2.59. The highest BCUT2D eigenvalue weighted by Crippen LogP contribution is 2.27. The van der Waals surface area contributed by atoms with Gasteiger partial charge in [0.2, 0.25) is 0 Å². The smallest absolute Gasteiger partial charge is 0.350 e. The van der Waals surface area contributed by atoms with Crippen molar-refractivity contribution in [3.05, 3.63) is 77.4 Å². The van der Waals surface area contributed by atoms with Crippen molar-refractivity contribution in [2.45, 2.75) is 0 Å². The molecule has 2 rings (SSSR count). The molecule has 22 heavy (non-hydrogen) atoms. The van der Waals surface area contributed by atoms with Gasteiger partial charge in [-0.15, -0.1) is 6.42 Å². The molecular weight excluding hydrogens is 274 g/mol. The molecule has 0 amide bonds. The van der Waals surface area contributed by atoms with E-state index in [0.717, 1.165) is 11.1 Å². The zero-order chi connectivity index (χ0) is 15.8. The molecule has 0 spiro atoms. The van der Waals surface area contributed by atoms with Crippen LogP contribution in [-0.2, 0) is 9.53 Å². The van der Waals surface area contributed by atoms with Gasteiger partial charge in [-0.25, -0.2) is 4.79 Å². The van der Waals surface area contributed by atoms with Crippen LogP contribution < -0.4 is 0 Å². The second-order valence-electron chi connectivity index (χ2n) is 4.37. The van der Waals surface area contributed by atoms with Crippen LogP contribution in [0.3, 0.4) is 0 Å². The lowest BCUT2D eigenvalue weighted by molar-refractivity contribution is -0.137. The second-order valence-corrected chi connectivity index (χ2v) is 4.37. The number of ether oxygens (including phenoxy) is 1. The lowest BCUT2D eigenvalue weighted by atomic mass is 9.93. The predicted molar refractivity (Wildman–Crippen MR) is 84.3 cm³/mol. The van der Waals surface area contributed by atoms with Crippen molar-refractivity contribution in [2.75, 3.05) is 6.61 Å². The lowest BCUT2D eigenvalue weighted by Crippen LogP contribution is -2.10. The molecular formula is C19H13NO2. The van der Waals surface area contributed by atoms with Gasteiger partial charge in [0.1, 0.15) is 11.6 Å². The minimum absolute atomic E-state index is 0.0624. The zero-order valence-corrected chi connectivity index (χ0v) is 11.8. The molecule has 0 atom stereocenters. The Morgan fingerprint density at radius 1 is 1.00 bits per heavy atom. The molecule has 3 nitrogen and oxygen atoms in total. The molecule has 2 aromatic rings. The van der Waals surface area contributed by atoms with Crippen LogP contribution >= 0.6 is 0 Å². The Morgan fingerprint density at radius 2 is 1.50 bits per heavy atom. The van der Waals surface area contributed by atoms with E-state index in [-0.39, 0.29) is 12.2 Å². The molecule has 0 saturated carbocycles. The Bertz CT molecular complexity index is 721. The van der Waals surface area contributed by atoms with Gasteiger partial charge in [0.05, 0.1) is 0 Å². The number of rotatable bonds is 4. The van der Waals surface area contributed by atoms with Gasteiger partial charge in [0.15, 0.2) is 6.61 Å². The minimum atomic E-state index is -0.719. The summed E-state index contributed by atoms with van der Waals surface area (Å²) < 4.78 is 4.91. The van der Waals surface area contributed by atoms with E-state index in [2.05, 4.69) is 5.92 Å². The molecule has 0 bridgehead atoms. The Kier molecular flexibility index (Phi) is 5.13. The highest BCUT2D eigenvalue weighted by molar-refractivity contribution is 6.05. The van der Waals surface area contributed by atoms with Crippen LogP contribution in [0.25, 0.3) is 5.57 Å². The van der Waals surface area contributed by atoms with Crippen molar-refractivity contribution < 1.29 is 9.53 Å². The van der Waals surface area contributed by atoms with Crippen LogP contribution in [0.15, 0.2) is 66.2 Å². The minimum Gasteiger partial charge on any atom is -0.448 e. The Balaban J connectivity index is 2.62. The number of nitriles is 1. The van der Waals surface area contributed by atoms with E-state index in [9.17, 15) is 10.1 Å². The van der Waals surface area contributed by atoms with Crippen molar-refractivity contribution in [1.82, 2.24) is 0 Å². The summed E-state index contributed by atoms with van der Waals surface area (Å²) in [5, 5.41) is 9.43. The van der Waals surface area contributed by atoms with Crippen LogP contribution in [0.5, 0.6) is 0 Å². The molecule has 0 aliphatic carbocycles. The monoisotopic (exact) mass is 287 g/mol. The van der Waals surface area contributed by atoms with Crippen molar-refractivity contribution >= 4 is 11.5 Å². The SMILES string of the molecule is C#CCOC(=O)C(C#N)=C(c1ccccc1)c1ccccc1. The van der Waals surface area contributed by atoms with Gasteiger partial charge in [-0.3, -0.25) is 0 Å². The summed E-state index contributed by atoms with van der Waals surface area (Å²) in [5.74, 6) is 1.50. The van der Waals surface area contributed by atoms with Gasteiger partial charge in [-0.2, -0.15) is 5.26 Å². The quantitative estimate of drug-likeness (QED) is 0.375. The van der Waals surface area contributed by atoms with E-state index in [4.69, 9.17) is 11.2 Å². The number of hydrogen-bond donors (Lipinski definition) is 0. The molecule has 0 saturated heterocycles. The number of terminal acetylenes is 1. The number of nitrogens with zero attached hydrogens (tertiary/aromatic N) is 1. The van der Waals surface area contributed by atoms with E-state index in [1.165, 1.54) is 0 Å². The molecule has 0 fully saturated rings. The van der Waals surface area contributed by atoms with Gasteiger partial charge in [-0.05, 0) is 11.1 Å². The molecule has 3 heteroatoms. The van der Waals surface area contributed by atoms with Crippen LogP contribution in [0, 0.1) is 23.7 Å². The molecule has 0 N–H and O–H groups in total. The maximum atomic E-state index is 12.1. The normalized spacial score (nSPS) is 9.18. The maximum absolute atomic E-state index is 12.1. The van der Waals surface area contributed by atoms with Crippen molar-refractivity contribution in [2.24, 2.45) is 0 Å². The standard InChI is InChI=1S/C19H13NO2/c1-2-13-22-19(21)17(14-20)18(15-9-5-3-6-10-15)16-11-7-4-8-12-16/h1,3-12H,13H2. The largest absolute Gasteiger partial charge is 0.448 e. The number of carbonyl (C=O) groups is 1. The van der Waals surface area contributed by atoms with E-state index in [0.29, 0.717) is 5.57 Å². The third-order valence-electron chi connectivity index (χ3n) is 2.98. The second kappa shape index (κ2) is 7.47. The molecule has 0 radical (unpaired) electrons. The maximum Gasteiger partial charge on any atom is 0.350 e. The number of esters is 1. The summed E-state index contributed by atoms with van der Waals surface area (Å²) in [6, 6.07) is 20.4. The number of benzene rings is 2. The van der Waals surface area contributed by atoms with Gasteiger partial charge in [-0.1, -0.05) is 66.6 Å². The van der Waals surface area contributed by atoms with E-state index in [1.54, 1.807) is 0 Å². The van der Waals surface area contributed by atoms with Crippen molar-refractivity contribution in [3.63, 3.8) is 0 Å². The first-order valence-electron chi connectivity index (χ1n) is 6.63. The Labute approximate surface area is 129 Å². The van der Waals surface area contributed by atoms with Crippen LogP contribution in [-0.4, -0.2) is 12.6 Å². The number of hydrogen-bond acceptors (Lipinski definition) is 3. The highest BCUT2D eigenvalue weighted by atomic mass is 16.5. The van der Waals surface area contributed by atoms with Crippen LogP contribution in [0.2, 0.25) is 0 Å². The topological polar surface area (TPSA) is 50.1 Å². The molecule has 0 heterocycles. The molecule has 0 aliphatic rings. The fourth-order valence-electron chi connectivity index (χ4n) is 2.05. The molecule has 0 aliphatic heterocycles. The Hall–Kier alpha value is -3.30. The molecule has 0 aromatic heterocycles.